The van der Waals surface area contributed by atoms with E-state index in [1.165, 1.54) is 0 Å². The third-order valence-corrected chi connectivity index (χ3v) is 2.13. The summed E-state index contributed by atoms with van der Waals surface area (Å²) in [5.41, 5.74) is 0.396. The third-order valence-electron chi connectivity index (χ3n) is 2.13. The lowest BCUT2D eigenvalue weighted by atomic mass is 10.2. The van der Waals surface area contributed by atoms with Gasteiger partial charge >= 0.3 is 5.97 Å². The number of hydrogen-bond acceptors (Lipinski definition) is 5. The molecule has 1 aromatic heterocycles. The summed E-state index contributed by atoms with van der Waals surface area (Å²) < 4.78 is 5.06. The molecule has 1 rings (SSSR count). The second-order valence-corrected chi connectivity index (χ2v) is 3.52. The molecular formula is C10H14N2O5. The first-order chi connectivity index (χ1) is 7.95. The fourth-order valence-electron chi connectivity index (χ4n) is 1.35. The number of aliphatic carboxylic acids is 1. The Hall–Kier alpha value is -1.89. The van der Waals surface area contributed by atoms with Crippen LogP contribution in [0.4, 0.5) is 0 Å². The van der Waals surface area contributed by atoms with Crippen LogP contribution in [-0.2, 0) is 4.79 Å². The van der Waals surface area contributed by atoms with Crippen molar-refractivity contribution in [1.82, 2.24) is 10.3 Å². The second-order valence-electron chi connectivity index (χ2n) is 3.52. The van der Waals surface area contributed by atoms with Gasteiger partial charge in [0.05, 0.1) is 5.69 Å². The number of nitrogens with one attached hydrogen (secondary N) is 1. The summed E-state index contributed by atoms with van der Waals surface area (Å²) in [6.07, 6.45) is -0.0623. The molecule has 1 atom stereocenters. The molecule has 1 aromatic rings. The SMILES string of the molecule is Cc1nc(C)c(C(=O)N[C@H](CCO)C(=O)O)o1. The first-order valence-corrected chi connectivity index (χ1v) is 5.04. The minimum atomic E-state index is -1.21. The normalized spacial score (nSPS) is 12.2. The highest BCUT2D eigenvalue weighted by molar-refractivity contribution is 5.95. The molecule has 0 spiro atoms. The van der Waals surface area contributed by atoms with Crippen LogP contribution in [0.25, 0.3) is 0 Å². The van der Waals surface area contributed by atoms with Crippen molar-refractivity contribution in [3.8, 4) is 0 Å². The molecule has 0 aliphatic carbocycles. The van der Waals surface area contributed by atoms with Crippen LogP contribution >= 0.6 is 0 Å². The van der Waals surface area contributed by atoms with Crippen LogP contribution in [0.1, 0.15) is 28.6 Å². The van der Waals surface area contributed by atoms with Crippen molar-refractivity contribution in [3.05, 3.63) is 17.3 Å². The smallest absolute Gasteiger partial charge is 0.326 e. The van der Waals surface area contributed by atoms with Gasteiger partial charge in [-0.2, -0.15) is 0 Å². The highest BCUT2D eigenvalue weighted by atomic mass is 16.4. The maximum absolute atomic E-state index is 11.7. The fraction of sp³-hybridized carbons (Fsp3) is 0.500. The number of carbonyl (C=O) groups excluding carboxylic acids is 1. The predicted molar refractivity (Wildman–Crippen MR) is 56.6 cm³/mol. The Labute approximate surface area is 97.5 Å². The van der Waals surface area contributed by atoms with Gasteiger partial charge in [0.25, 0.3) is 5.91 Å². The van der Waals surface area contributed by atoms with Crippen LogP contribution in [-0.4, -0.2) is 39.7 Å². The zero-order valence-corrected chi connectivity index (χ0v) is 9.56. The number of aryl methyl sites for hydroxylation is 2. The van der Waals surface area contributed by atoms with Gasteiger partial charge in [0.2, 0.25) is 5.76 Å². The monoisotopic (exact) mass is 242 g/mol. The van der Waals surface area contributed by atoms with Gasteiger partial charge in [-0.25, -0.2) is 9.78 Å². The molecule has 0 aliphatic rings. The summed E-state index contributed by atoms with van der Waals surface area (Å²) in [5.74, 6) is -1.53. The van der Waals surface area contributed by atoms with E-state index in [1.807, 2.05) is 0 Å². The molecular weight excluding hydrogens is 228 g/mol. The summed E-state index contributed by atoms with van der Waals surface area (Å²) in [6.45, 7) is 2.85. The highest BCUT2D eigenvalue weighted by Gasteiger charge is 2.23. The summed E-state index contributed by atoms with van der Waals surface area (Å²) in [7, 11) is 0. The molecule has 0 aliphatic heterocycles. The highest BCUT2D eigenvalue weighted by Crippen LogP contribution is 2.09. The molecule has 1 amide bonds. The maximum atomic E-state index is 11.7. The number of aliphatic hydroxyl groups excluding tert-OH is 1. The molecule has 1 heterocycles. The Bertz CT molecular complexity index is 426. The number of hydrogen-bond donors (Lipinski definition) is 3. The van der Waals surface area contributed by atoms with Crippen LogP contribution < -0.4 is 5.32 Å². The molecule has 0 aromatic carbocycles. The minimum Gasteiger partial charge on any atom is -0.480 e. The topological polar surface area (TPSA) is 113 Å². The molecule has 0 unspecified atom stereocenters. The Balaban J connectivity index is 2.77. The van der Waals surface area contributed by atoms with Crippen molar-refractivity contribution < 1.29 is 24.2 Å². The van der Waals surface area contributed by atoms with Gasteiger partial charge in [0, 0.05) is 20.0 Å². The van der Waals surface area contributed by atoms with Gasteiger partial charge in [0.1, 0.15) is 6.04 Å². The number of carbonyl (C=O) groups is 2. The van der Waals surface area contributed by atoms with E-state index in [2.05, 4.69) is 10.3 Å². The number of nitrogens with zero attached hydrogens (tertiary/aromatic N) is 1. The van der Waals surface area contributed by atoms with Crippen LogP contribution in [0.3, 0.4) is 0 Å². The van der Waals surface area contributed by atoms with E-state index in [-0.39, 0.29) is 18.8 Å². The molecule has 0 fully saturated rings. The van der Waals surface area contributed by atoms with Crippen molar-refractivity contribution in [3.63, 3.8) is 0 Å². The first-order valence-electron chi connectivity index (χ1n) is 5.04. The minimum absolute atomic E-state index is 0.00769. The predicted octanol–water partition coefficient (Wildman–Crippen LogP) is -0.143. The maximum Gasteiger partial charge on any atom is 0.326 e. The van der Waals surface area contributed by atoms with E-state index in [0.29, 0.717) is 11.6 Å². The van der Waals surface area contributed by atoms with Gasteiger partial charge < -0.3 is 19.9 Å². The van der Waals surface area contributed by atoms with E-state index in [1.54, 1.807) is 13.8 Å². The molecule has 3 N–H and O–H groups in total. The number of carboxylic acids is 1. The zero-order chi connectivity index (χ0) is 13.0. The first kappa shape index (κ1) is 13.2. The van der Waals surface area contributed by atoms with Crippen molar-refractivity contribution >= 4 is 11.9 Å². The Morgan fingerprint density at radius 2 is 2.12 bits per heavy atom. The Morgan fingerprint density at radius 1 is 1.47 bits per heavy atom. The average Bonchev–Trinajstić information content (AvgIpc) is 2.57. The van der Waals surface area contributed by atoms with Crippen LogP contribution in [0.2, 0.25) is 0 Å². The summed E-state index contributed by atoms with van der Waals surface area (Å²) >= 11 is 0. The standard InChI is InChI=1S/C10H14N2O5/c1-5-8(17-6(2)11-5)9(14)12-7(3-4-13)10(15)16/h7,13H,3-4H2,1-2H3,(H,12,14)(H,15,16)/t7-/m1/s1. The van der Waals surface area contributed by atoms with Crippen LogP contribution in [0, 0.1) is 13.8 Å². The van der Waals surface area contributed by atoms with E-state index >= 15 is 0 Å². The molecule has 7 heteroatoms. The fourth-order valence-corrected chi connectivity index (χ4v) is 1.35. The Kier molecular flexibility index (Phi) is 4.22. The largest absolute Gasteiger partial charge is 0.480 e. The lowest BCUT2D eigenvalue weighted by Crippen LogP contribution is -2.41. The number of oxazole rings is 1. The third kappa shape index (κ3) is 3.28. The van der Waals surface area contributed by atoms with Gasteiger partial charge in [-0.05, 0) is 6.92 Å². The van der Waals surface area contributed by atoms with Gasteiger partial charge in [-0.1, -0.05) is 0 Å². The van der Waals surface area contributed by atoms with E-state index < -0.39 is 17.9 Å². The molecule has 0 radical (unpaired) electrons. The lowest BCUT2D eigenvalue weighted by Gasteiger charge is -2.11. The molecule has 94 valence electrons. The van der Waals surface area contributed by atoms with Crippen LogP contribution in [0.15, 0.2) is 4.42 Å². The van der Waals surface area contributed by atoms with E-state index in [0.717, 1.165) is 0 Å². The lowest BCUT2D eigenvalue weighted by molar-refractivity contribution is -0.139. The summed E-state index contributed by atoms with van der Waals surface area (Å²) in [4.78, 5) is 26.4. The average molecular weight is 242 g/mol. The van der Waals surface area contributed by atoms with Gasteiger partial charge in [0.15, 0.2) is 5.89 Å². The Morgan fingerprint density at radius 3 is 2.53 bits per heavy atom. The van der Waals surface area contributed by atoms with Crippen molar-refractivity contribution in [2.75, 3.05) is 6.61 Å². The van der Waals surface area contributed by atoms with Gasteiger partial charge in [-0.3, -0.25) is 4.79 Å². The van der Waals surface area contributed by atoms with Crippen molar-refractivity contribution in [2.45, 2.75) is 26.3 Å². The van der Waals surface area contributed by atoms with Crippen molar-refractivity contribution in [1.29, 1.82) is 0 Å². The summed E-state index contributed by atoms with van der Waals surface area (Å²) in [5, 5.41) is 19.7. The van der Waals surface area contributed by atoms with E-state index in [9.17, 15) is 9.59 Å². The number of aromatic nitrogens is 1. The summed E-state index contributed by atoms with van der Waals surface area (Å²) in [6, 6.07) is -1.14. The molecule has 0 saturated carbocycles. The zero-order valence-electron chi connectivity index (χ0n) is 9.56. The molecule has 17 heavy (non-hydrogen) atoms. The number of rotatable bonds is 5. The number of aliphatic hydroxyl groups is 1. The molecule has 0 saturated heterocycles. The molecule has 7 nitrogen and oxygen atoms in total. The quantitative estimate of drug-likeness (QED) is 0.662. The van der Waals surface area contributed by atoms with Gasteiger partial charge in [-0.15, -0.1) is 0 Å². The van der Waals surface area contributed by atoms with Crippen molar-refractivity contribution in [2.24, 2.45) is 0 Å². The molecule has 0 bridgehead atoms. The second kappa shape index (κ2) is 5.44. The number of amides is 1. The van der Waals surface area contributed by atoms with Crippen LogP contribution in [0.5, 0.6) is 0 Å². The number of carboxylic acid groups (broad SMARTS) is 1. The van der Waals surface area contributed by atoms with E-state index in [4.69, 9.17) is 14.6 Å².